The Morgan fingerprint density at radius 2 is 1.71 bits per heavy atom. The monoisotopic (exact) mass is 286 g/mol. The summed E-state index contributed by atoms with van der Waals surface area (Å²) in [6.45, 7) is 6.56. The molecule has 4 nitrogen and oxygen atoms in total. The summed E-state index contributed by atoms with van der Waals surface area (Å²) in [5.74, 6) is 1.17. The molecule has 0 aliphatic rings. The number of hydrogen-bond acceptors (Lipinski definition) is 3. The lowest BCUT2D eigenvalue weighted by molar-refractivity contribution is 0.0910. The van der Waals surface area contributed by atoms with Gasteiger partial charge in [0, 0.05) is 0 Å². The van der Waals surface area contributed by atoms with Crippen molar-refractivity contribution in [3.63, 3.8) is 0 Å². The van der Waals surface area contributed by atoms with Crippen molar-refractivity contribution in [1.29, 1.82) is 0 Å². The molecule has 1 aromatic heterocycles. The van der Waals surface area contributed by atoms with Crippen molar-refractivity contribution in [2.75, 3.05) is 0 Å². The third kappa shape index (κ3) is 3.73. The maximum Gasteiger partial charge on any atom is 0.287 e. The van der Waals surface area contributed by atoms with Gasteiger partial charge in [0.25, 0.3) is 5.91 Å². The predicted molar refractivity (Wildman–Crippen MR) is 83.0 cm³/mol. The molecule has 0 spiro atoms. The van der Waals surface area contributed by atoms with E-state index in [2.05, 4.69) is 31.3 Å². The van der Waals surface area contributed by atoms with Crippen molar-refractivity contribution in [3.05, 3.63) is 59.0 Å². The second kappa shape index (κ2) is 6.59. The first-order valence-corrected chi connectivity index (χ1v) is 7.20. The molecule has 1 aromatic carbocycles. The summed E-state index contributed by atoms with van der Waals surface area (Å²) in [5.41, 5.74) is 7.82. The van der Waals surface area contributed by atoms with Crippen LogP contribution in [0.5, 0.6) is 0 Å². The molecule has 21 heavy (non-hydrogen) atoms. The molecule has 4 heteroatoms. The molecule has 2 aromatic rings. The molecule has 2 rings (SSSR count). The van der Waals surface area contributed by atoms with Crippen molar-refractivity contribution >= 4 is 5.91 Å². The van der Waals surface area contributed by atoms with Crippen LogP contribution in [0.4, 0.5) is 0 Å². The molecule has 112 valence electrons. The van der Waals surface area contributed by atoms with Gasteiger partial charge in [0.15, 0.2) is 5.76 Å². The third-order valence-corrected chi connectivity index (χ3v) is 3.54. The van der Waals surface area contributed by atoms with Crippen LogP contribution in [0.1, 0.15) is 60.2 Å². The minimum atomic E-state index is -0.227. The van der Waals surface area contributed by atoms with E-state index < -0.39 is 0 Å². The van der Waals surface area contributed by atoms with Crippen LogP contribution < -0.4 is 11.1 Å². The predicted octanol–water partition coefficient (Wildman–Crippen LogP) is 3.35. The van der Waals surface area contributed by atoms with Gasteiger partial charge in [-0.25, -0.2) is 0 Å². The Kier molecular flexibility index (Phi) is 4.81. The van der Waals surface area contributed by atoms with Crippen LogP contribution in [0.25, 0.3) is 0 Å². The number of rotatable bonds is 5. The van der Waals surface area contributed by atoms with Crippen LogP contribution in [0.2, 0.25) is 0 Å². The van der Waals surface area contributed by atoms with Gasteiger partial charge in [-0.15, -0.1) is 0 Å². The molecule has 1 atom stereocenters. The Hall–Kier alpha value is -2.07. The van der Waals surface area contributed by atoms with Gasteiger partial charge >= 0.3 is 0 Å². The third-order valence-electron chi connectivity index (χ3n) is 3.54. The fourth-order valence-electron chi connectivity index (χ4n) is 2.13. The summed E-state index contributed by atoms with van der Waals surface area (Å²) in [4.78, 5) is 12.1. The van der Waals surface area contributed by atoms with Crippen molar-refractivity contribution in [2.24, 2.45) is 5.73 Å². The van der Waals surface area contributed by atoms with Crippen molar-refractivity contribution in [2.45, 2.75) is 39.3 Å². The zero-order valence-corrected chi connectivity index (χ0v) is 12.7. The number of benzene rings is 1. The van der Waals surface area contributed by atoms with E-state index in [1.54, 1.807) is 12.1 Å². The van der Waals surface area contributed by atoms with Crippen LogP contribution in [-0.2, 0) is 6.54 Å². The van der Waals surface area contributed by atoms with E-state index in [9.17, 15) is 4.79 Å². The van der Waals surface area contributed by atoms with Gasteiger partial charge in [-0.1, -0.05) is 38.1 Å². The van der Waals surface area contributed by atoms with Crippen molar-refractivity contribution in [3.8, 4) is 0 Å². The summed E-state index contributed by atoms with van der Waals surface area (Å²) in [6, 6.07) is 11.6. The van der Waals surface area contributed by atoms with E-state index in [4.69, 9.17) is 10.2 Å². The molecule has 0 aliphatic carbocycles. The van der Waals surface area contributed by atoms with E-state index >= 15 is 0 Å². The maximum atomic E-state index is 12.1. The van der Waals surface area contributed by atoms with Gasteiger partial charge < -0.3 is 15.5 Å². The molecule has 0 radical (unpaired) electrons. The highest BCUT2D eigenvalue weighted by atomic mass is 16.4. The van der Waals surface area contributed by atoms with E-state index in [1.165, 1.54) is 5.56 Å². The first kappa shape index (κ1) is 15.3. The molecular weight excluding hydrogens is 264 g/mol. The lowest BCUT2D eigenvalue weighted by Crippen LogP contribution is -2.26. The molecule has 0 saturated carbocycles. The molecule has 0 bridgehead atoms. The van der Waals surface area contributed by atoms with Gasteiger partial charge in [0.05, 0.1) is 12.6 Å². The van der Waals surface area contributed by atoms with Crippen molar-refractivity contribution < 1.29 is 9.21 Å². The minimum Gasteiger partial charge on any atom is -0.455 e. The first-order valence-electron chi connectivity index (χ1n) is 7.20. The largest absolute Gasteiger partial charge is 0.455 e. The Morgan fingerprint density at radius 3 is 2.24 bits per heavy atom. The second-order valence-corrected chi connectivity index (χ2v) is 5.49. The Balaban J connectivity index is 2.03. The van der Waals surface area contributed by atoms with Crippen LogP contribution >= 0.6 is 0 Å². The van der Waals surface area contributed by atoms with Crippen LogP contribution in [0.3, 0.4) is 0 Å². The zero-order chi connectivity index (χ0) is 15.4. The number of carbonyl (C=O) groups is 1. The van der Waals surface area contributed by atoms with E-state index in [-0.39, 0.29) is 11.9 Å². The molecule has 0 saturated heterocycles. The topological polar surface area (TPSA) is 68.3 Å². The fraction of sp³-hybridized carbons (Fsp3) is 0.353. The molecule has 3 N–H and O–H groups in total. The molecule has 1 unspecified atom stereocenters. The Labute approximate surface area is 125 Å². The summed E-state index contributed by atoms with van der Waals surface area (Å²) in [6.07, 6.45) is 0. The number of furan rings is 1. The number of carbonyl (C=O) groups excluding carboxylic acids is 1. The van der Waals surface area contributed by atoms with Gasteiger partial charge in [-0.05, 0) is 36.1 Å². The van der Waals surface area contributed by atoms with Gasteiger partial charge in [-0.3, -0.25) is 4.79 Å². The SMILES string of the molecule is CC(C)c1ccc(C(C)NC(=O)c2ccc(CN)o2)cc1. The van der Waals surface area contributed by atoms with E-state index in [1.807, 2.05) is 19.1 Å². The highest BCUT2D eigenvalue weighted by Crippen LogP contribution is 2.19. The van der Waals surface area contributed by atoms with Gasteiger partial charge in [-0.2, -0.15) is 0 Å². The summed E-state index contributed by atoms with van der Waals surface area (Å²) < 4.78 is 5.34. The lowest BCUT2D eigenvalue weighted by Gasteiger charge is -2.14. The molecule has 1 amide bonds. The van der Waals surface area contributed by atoms with Crippen LogP contribution in [-0.4, -0.2) is 5.91 Å². The van der Waals surface area contributed by atoms with Crippen LogP contribution in [0.15, 0.2) is 40.8 Å². The minimum absolute atomic E-state index is 0.0786. The van der Waals surface area contributed by atoms with Crippen molar-refractivity contribution in [1.82, 2.24) is 5.32 Å². The zero-order valence-electron chi connectivity index (χ0n) is 12.7. The fourth-order valence-corrected chi connectivity index (χ4v) is 2.13. The smallest absolute Gasteiger partial charge is 0.287 e. The highest BCUT2D eigenvalue weighted by molar-refractivity contribution is 5.91. The first-order chi connectivity index (χ1) is 10.0. The Morgan fingerprint density at radius 1 is 1.10 bits per heavy atom. The summed E-state index contributed by atoms with van der Waals surface area (Å²) >= 11 is 0. The lowest BCUT2D eigenvalue weighted by atomic mass is 9.99. The second-order valence-electron chi connectivity index (χ2n) is 5.49. The average molecular weight is 286 g/mol. The average Bonchev–Trinajstić information content (AvgIpc) is 2.96. The van der Waals surface area contributed by atoms with Crippen LogP contribution in [0, 0.1) is 0 Å². The highest BCUT2D eigenvalue weighted by Gasteiger charge is 2.14. The number of hydrogen-bond donors (Lipinski definition) is 2. The molecular formula is C17H22N2O2. The molecule has 1 heterocycles. The standard InChI is InChI=1S/C17H22N2O2/c1-11(2)13-4-6-14(7-5-13)12(3)19-17(20)16-9-8-15(10-18)21-16/h4-9,11-12H,10,18H2,1-3H3,(H,19,20). The van der Waals surface area contributed by atoms with Gasteiger partial charge in [0.2, 0.25) is 0 Å². The summed E-state index contributed by atoms with van der Waals surface area (Å²) in [7, 11) is 0. The van der Waals surface area contributed by atoms with Gasteiger partial charge in [0.1, 0.15) is 5.76 Å². The molecule has 0 fully saturated rings. The van der Waals surface area contributed by atoms with E-state index in [0.717, 1.165) is 5.56 Å². The van der Waals surface area contributed by atoms with E-state index in [0.29, 0.717) is 24.0 Å². The summed E-state index contributed by atoms with van der Waals surface area (Å²) in [5, 5.41) is 2.93. The number of nitrogens with two attached hydrogens (primary N) is 1. The maximum absolute atomic E-state index is 12.1. The number of amides is 1. The normalized spacial score (nSPS) is 12.4. The number of nitrogens with one attached hydrogen (secondary N) is 1. The quantitative estimate of drug-likeness (QED) is 0.885. The Bertz CT molecular complexity index is 600. The molecule has 0 aliphatic heterocycles.